The summed E-state index contributed by atoms with van der Waals surface area (Å²) in [6.07, 6.45) is 0. The van der Waals surface area contributed by atoms with Crippen molar-refractivity contribution in [3.8, 4) is 6.07 Å². The van der Waals surface area contributed by atoms with E-state index >= 15 is 0 Å². The maximum atomic E-state index is 12.1. The molecule has 0 radical (unpaired) electrons. The Hall–Kier alpha value is -2.12. The fraction of sp³-hybridized carbons (Fsp3) is 0.231. The molecule has 0 bridgehead atoms. The van der Waals surface area contributed by atoms with E-state index in [1.54, 1.807) is 11.9 Å². The summed E-state index contributed by atoms with van der Waals surface area (Å²) in [4.78, 5) is 13.7. The van der Waals surface area contributed by atoms with E-state index in [0.29, 0.717) is 11.1 Å². The standard InChI is InChI=1S/C13H12N2O2/c1-15-11-6-4-3-5-10(11)12(13(15)16)9(7-14)8-17-2/h3-6H,8H2,1-2H3/b12-9-. The molecule has 0 fully saturated rings. The zero-order valence-corrected chi connectivity index (χ0v) is 9.73. The number of carbonyl (C=O) groups is 1. The number of amides is 1. The number of nitrogens with zero attached hydrogens (tertiary/aromatic N) is 2. The van der Waals surface area contributed by atoms with Gasteiger partial charge in [-0.1, -0.05) is 18.2 Å². The molecule has 2 rings (SSSR count). The van der Waals surface area contributed by atoms with Gasteiger partial charge in [0, 0.05) is 19.7 Å². The third-order valence-corrected chi connectivity index (χ3v) is 2.78. The monoisotopic (exact) mass is 228 g/mol. The summed E-state index contributed by atoms with van der Waals surface area (Å²) in [5, 5.41) is 9.09. The lowest BCUT2D eigenvalue weighted by Crippen LogP contribution is -2.21. The average Bonchev–Trinajstić information content (AvgIpc) is 2.61. The maximum Gasteiger partial charge on any atom is 0.259 e. The van der Waals surface area contributed by atoms with Gasteiger partial charge < -0.3 is 9.64 Å². The predicted molar refractivity (Wildman–Crippen MR) is 64.3 cm³/mol. The van der Waals surface area contributed by atoms with E-state index in [-0.39, 0.29) is 12.5 Å². The van der Waals surface area contributed by atoms with Crippen molar-refractivity contribution in [1.29, 1.82) is 5.26 Å². The van der Waals surface area contributed by atoms with Crippen LogP contribution < -0.4 is 4.90 Å². The van der Waals surface area contributed by atoms with E-state index in [9.17, 15) is 4.79 Å². The molecule has 1 heterocycles. The second-order valence-corrected chi connectivity index (χ2v) is 3.78. The lowest BCUT2D eigenvalue weighted by atomic mass is 10.0. The normalized spacial score (nSPS) is 16.8. The van der Waals surface area contributed by atoms with Crippen LogP contribution in [-0.2, 0) is 9.53 Å². The zero-order valence-electron chi connectivity index (χ0n) is 9.73. The highest BCUT2D eigenvalue weighted by Crippen LogP contribution is 2.37. The second kappa shape index (κ2) is 4.40. The average molecular weight is 228 g/mol. The van der Waals surface area contributed by atoms with Crippen molar-refractivity contribution in [2.75, 3.05) is 25.7 Å². The molecule has 1 aromatic carbocycles. The first-order chi connectivity index (χ1) is 8.20. The Morgan fingerprint density at radius 2 is 2.18 bits per heavy atom. The summed E-state index contributed by atoms with van der Waals surface area (Å²) in [6, 6.07) is 9.48. The van der Waals surface area contributed by atoms with Gasteiger partial charge in [-0.3, -0.25) is 4.79 Å². The molecule has 0 aromatic heterocycles. The maximum absolute atomic E-state index is 12.1. The summed E-state index contributed by atoms with van der Waals surface area (Å²) in [5.41, 5.74) is 2.45. The number of benzene rings is 1. The van der Waals surface area contributed by atoms with Gasteiger partial charge in [-0.25, -0.2) is 0 Å². The minimum atomic E-state index is -0.153. The minimum absolute atomic E-state index is 0.153. The molecule has 0 N–H and O–H groups in total. The smallest absolute Gasteiger partial charge is 0.259 e. The summed E-state index contributed by atoms with van der Waals surface area (Å²) in [5.74, 6) is -0.153. The first-order valence-electron chi connectivity index (χ1n) is 5.20. The lowest BCUT2D eigenvalue weighted by Gasteiger charge is -2.08. The summed E-state index contributed by atoms with van der Waals surface area (Å²) in [6.45, 7) is 0.153. The largest absolute Gasteiger partial charge is 0.379 e. The molecule has 1 amide bonds. The Bertz CT molecular complexity index is 541. The van der Waals surface area contributed by atoms with Crippen LogP contribution in [-0.4, -0.2) is 26.7 Å². The van der Waals surface area contributed by atoms with E-state index in [4.69, 9.17) is 10.00 Å². The fourth-order valence-corrected chi connectivity index (χ4v) is 1.97. The number of fused-ring (bicyclic) bond motifs is 1. The highest BCUT2D eigenvalue weighted by molar-refractivity contribution is 6.33. The predicted octanol–water partition coefficient (Wildman–Crippen LogP) is 1.59. The van der Waals surface area contributed by atoms with Gasteiger partial charge >= 0.3 is 0 Å². The zero-order chi connectivity index (χ0) is 12.4. The number of carbonyl (C=O) groups excluding carboxylic acids is 1. The highest BCUT2D eigenvalue weighted by atomic mass is 16.5. The molecule has 1 aromatic rings. The van der Waals surface area contributed by atoms with Crippen molar-refractivity contribution in [3.63, 3.8) is 0 Å². The third-order valence-electron chi connectivity index (χ3n) is 2.78. The number of hydrogen-bond acceptors (Lipinski definition) is 3. The number of nitriles is 1. The van der Waals surface area contributed by atoms with Gasteiger partial charge in [-0.05, 0) is 6.07 Å². The second-order valence-electron chi connectivity index (χ2n) is 3.78. The van der Waals surface area contributed by atoms with Crippen LogP contribution in [0.1, 0.15) is 5.56 Å². The Morgan fingerprint density at radius 3 is 2.82 bits per heavy atom. The number of anilines is 1. The Labute approximate surface area is 99.7 Å². The third kappa shape index (κ3) is 1.71. The van der Waals surface area contributed by atoms with Crippen LogP contribution in [0, 0.1) is 11.3 Å². The van der Waals surface area contributed by atoms with Crippen LogP contribution >= 0.6 is 0 Å². The number of rotatable bonds is 2. The molecule has 0 saturated heterocycles. The molecular formula is C13H12N2O2. The number of likely N-dealkylation sites (N-methyl/N-ethyl adjacent to an activating group) is 1. The van der Waals surface area contributed by atoms with Crippen LogP contribution in [0.4, 0.5) is 5.69 Å². The quantitative estimate of drug-likeness (QED) is 0.570. The molecule has 17 heavy (non-hydrogen) atoms. The number of ether oxygens (including phenoxy) is 1. The van der Waals surface area contributed by atoms with Gasteiger partial charge in [0.05, 0.1) is 29.5 Å². The van der Waals surface area contributed by atoms with Gasteiger partial charge in [-0.15, -0.1) is 0 Å². The van der Waals surface area contributed by atoms with Crippen LogP contribution in [0.2, 0.25) is 0 Å². The van der Waals surface area contributed by atoms with E-state index in [2.05, 4.69) is 0 Å². The van der Waals surface area contributed by atoms with Crippen molar-refractivity contribution < 1.29 is 9.53 Å². The van der Waals surface area contributed by atoms with E-state index in [1.165, 1.54) is 7.11 Å². The summed E-state index contributed by atoms with van der Waals surface area (Å²) >= 11 is 0. The Kier molecular flexibility index (Phi) is 2.94. The summed E-state index contributed by atoms with van der Waals surface area (Å²) < 4.78 is 4.95. The van der Waals surface area contributed by atoms with E-state index < -0.39 is 0 Å². The van der Waals surface area contributed by atoms with Crippen LogP contribution in [0.5, 0.6) is 0 Å². The van der Waals surface area contributed by atoms with Crippen molar-refractivity contribution >= 4 is 17.2 Å². The van der Waals surface area contributed by atoms with E-state index in [1.807, 2.05) is 30.3 Å². The molecule has 86 valence electrons. The van der Waals surface area contributed by atoms with Crippen molar-refractivity contribution in [2.45, 2.75) is 0 Å². The lowest BCUT2D eigenvalue weighted by molar-refractivity contribution is -0.112. The first-order valence-corrected chi connectivity index (χ1v) is 5.20. The molecule has 0 atom stereocenters. The molecule has 0 saturated carbocycles. The van der Waals surface area contributed by atoms with Crippen LogP contribution in [0.3, 0.4) is 0 Å². The minimum Gasteiger partial charge on any atom is -0.379 e. The van der Waals surface area contributed by atoms with Gasteiger partial charge in [-0.2, -0.15) is 5.26 Å². The van der Waals surface area contributed by atoms with Crippen LogP contribution in [0.25, 0.3) is 5.57 Å². The molecule has 0 spiro atoms. The number of hydrogen-bond donors (Lipinski definition) is 0. The number of methoxy groups -OCH3 is 1. The van der Waals surface area contributed by atoms with Crippen molar-refractivity contribution in [1.82, 2.24) is 0 Å². The SMILES string of the molecule is COC/C(C#N)=C1\C(=O)N(C)c2ccccc21. The topological polar surface area (TPSA) is 53.3 Å². The van der Waals surface area contributed by atoms with Gasteiger partial charge in [0.25, 0.3) is 5.91 Å². The van der Waals surface area contributed by atoms with Gasteiger partial charge in [0.2, 0.25) is 0 Å². The van der Waals surface area contributed by atoms with Crippen molar-refractivity contribution in [3.05, 3.63) is 35.4 Å². The fourth-order valence-electron chi connectivity index (χ4n) is 1.97. The van der Waals surface area contributed by atoms with Crippen LogP contribution in [0.15, 0.2) is 29.8 Å². The highest BCUT2D eigenvalue weighted by Gasteiger charge is 2.31. The van der Waals surface area contributed by atoms with Crippen molar-refractivity contribution in [2.24, 2.45) is 0 Å². The molecule has 1 aliphatic heterocycles. The van der Waals surface area contributed by atoms with E-state index in [0.717, 1.165) is 11.3 Å². The molecule has 0 aliphatic carbocycles. The van der Waals surface area contributed by atoms with Gasteiger partial charge in [0.15, 0.2) is 0 Å². The number of para-hydroxylation sites is 1. The first kappa shape index (κ1) is 11.4. The molecule has 4 heteroatoms. The molecule has 0 unspecified atom stereocenters. The molecule has 1 aliphatic rings. The van der Waals surface area contributed by atoms with Gasteiger partial charge in [0.1, 0.15) is 0 Å². The Morgan fingerprint density at radius 1 is 1.47 bits per heavy atom. The summed E-state index contributed by atoms with van der Waals surface area (Å²) in [7, 11) is 3.21. The molecular weight excluding hydrogens is 216 g/mol. The molecule has 4 nitrogen and oxygen atoms in total. The Balaban J connectivity index is 2.64.